The summed E-state index contributed by atoms with van der Waals surface area (Å²) in [6.07, 6.45) is 3.36. The summed E-state index contributed by atoms with van der Waals surface area (Å²) >= 11 is 3.39. The summed E-state index contributed by atoms with van der Waals surface area (Å²) in [6, 6.07) is 7.63. The molecule has 1 aliphatic heterocycles. The molecule has 0 saturated carbocycles. The van der Waals surface area contributed by atoms with Crippen molar-refractivity contribution in [3.8, 4) is 0 Å². The zero-order chi connectivity index (χ0) is 15.1. The van der Waals surface area contributed by atoms with Crippen LogP contribution in [0.4, 0.5) is 5.69 Å². The van der Waals surface area contributed by atoms with E-state index in [4.69, 9.17) is 4.74 Å². The van der Waals surface area contributed by atoms with Crippen molar-refractivity contribution < 1.29 is 9.53 Å². The van der Waals surface area contributed by atoms with Crippen LogP contribution in [-0.2, 0) is 9.53 Å². The molecular weight excluding hydrogens is 334 g/mol. The first-order valence-corrected chi connectivity index (χ1v) is 8.01. The highest BCUT2D eigenvalue weighted by molar-refractivity contribution is 9.10. The Kier molecular flexibility index (Phi) is 6.04. The molecule has 0 spiro atoms. The number of ether oxygens (including phenoxy) is 1. The average Bonchev–Trinajstić information content (AvgIpc) is 2.51. The number of carbonyl (C=O) groups excluding carboxylic acids is 1. The zero-order valence-electron chi connectivity index (χ0n) is 12.1. The molecule has 0 bridgehead atoms. The van der Waals surface area contributed by atoms with Crippen molar-refractivity contribution in [2.24, 2.45) is 5.10 Å². The number of esters is 1. The van der Waals surface area contributed by atoms with E-state index >= 15 is 0 Å². The predicted octanol–water partition coefficient (Wildman–Crippen LogP) is 3.22. The Balaban J connectivity index is 2.11. The molecule has 1 saturated heterocycles. The Hall–Kier alpha value is -1.56. The van der Waals surface area contributed by atoms with Gasteiger partial charge in [0.1, 0.15) is 0 Å². The lowest BCUT2D eigenvalue weighted by Crippen LogP contribution is -2.41. The number of amidine groups is 1. The van der Waals surface area contributed by atoms with Crippen LogP contribution in [0.15, 0.2) is 33.8 Å². The van der Waals surface area contributed by atoms with Crippen LogP contribution in [-0.4, -0.2) is 36.4 Å². The largest absolute Gasteiger partial charge is 0.460 e. The van der Waals surface area contributed by atoms with Crippen molar-refractivity contribution in [2.45, 2.75) is 26.2 Å². The Labute approximate surface area is 133 Å². The molecule has 1 aromatic rings. The average molecular weight is 354 g/mol. The van der Waals surface area contributed by atoms with Gasteiger partial charge in [-0.3, -0.25) is 5.43 Å². The number of nitrogens with one attached hydrogen (secondary N) is 1. The number of carbonyl (C=O) groups is 1. The molecule has 21 heavy (non-hydrogen) atoms. The molecule has 114 valence electrons. The van der Waals surface area contributed by atoms with E-state index in [0.717, 1.165) is 36.1 Å². The normalized spacial score (nSPS) is 15.7. The highest BCUT2D eigenvalue weighted by atomic mass is 79.9. The molecule has 0 aromatic heterocycles. The maximum Gasteiger partial charge on any atom is 0.375 e. The van der Waals surface area contributed by atoms with Gasteiger partial charge in [0.2, 0.25) is 5.84 Å². The van der Waals surface area contributed by atoms with E-state index in [9.17, 15) is 4.79 Å². The first-order valence-electron chi connectivity index (χ1n) is 7.22. The fourth-order valence-electron chi connectivity index (χ4n) is 2.19. The summed E-state index contributed by atoms with van der Waals surface area (Å²) in [7, 11) is 0. The Morgan fingerprint density at radius 3 is 2.57 bits per heavy atom. The SMILES string of the molecule is CCOC(=O)/C(=N\Nc1ccc(Br)cc1)N1CCCCC1. The second-order valence-corrected chi connectivity index (χ2v) is 5.74. The number of nitrogens with zero attached hydrogens (tertiary/aromatic N) is 2. The van der Waals surface area contributed by atoms with E-state index in [1.165, 1.54) is 6.42 Å². The lowest BCUT2D eigenvalue weighted by Gasteiger charge is -2.28. The third kappa shape index (κ3) is 4.74. The molecule has 1 N–H and O–H groups in total. The van der Waals surface area contributed by atoms with Crippen LogP contribution < -0.4 is 5.43 Å². The summed E-state index contributed by atoms with van der Waals surface area (Å²) < 4.78 is 6.10. The van der Waals surface area contributed by atoms with Crippen LogP contribution in [0.3, 0.4) is 0 Å². The minimum Gasteiger partial charge on any atom is -0.460 e. The predicted molar refractivity (Wildman–Crippen MR) is 87.3 cm³/mol. The molecule has 0 atom stereocenters. The number of benzene rings is 1. The molecule has 1 aromatic carbocycles. The maximum atomic E-state index is 12.1. The highest BCUT2D eigenvalue weighted by Gasteiger charge is 2.22. The highest BCUT2D eigenvalue weighted by Crippen LogP contribution is 2.15. The van der Waals surface area contributed by atoms with Gasteiger partial charge in [0.05, 0.1) is 12.3 Å². The second kappa shape index (κ2) is 8.02. The number of hydrogen-bond acceptors (Lipinski definition) is 4. The summed E-state index contributed by atoms with van der Waals surface area (Å²) in [5.74, 6) is -0.0107. The number of anilines is 1. The summed E-state index contributed by atoms with van der Waals surface area (Å²) in [5, 5.41) is 4.27. The van der Waals surface area contributed by atoms with Crippen LogP contribution in [0.25, 0.3) is 0 Å². The van der Waals surface area contributed by atoms with Crippen LogP contribution >= 0.6 is 15.9 Å². The van der Waals surface area contributed by atoms with Gasteiger partial charge in [0.15, 0.2) is 0 Å². The van der Waals surface area contributed by atoms with Crippen LogP contribution in [0.5, 0.6) is 0 Å². The van der Waals surface area contributed by atoms with Gasteiger partial charge in [0.25, 0.3) is 0 Å². The zero-order valence-corrected chi connectivity index (χ0v) is 13.7. The van der Waals surface area contributed by atoms with Gasteiger partial charge >= 0.3 is 5.97 Å². The third-order valence-corrected chi connectivity index (χ3v) is 3.78. The standard InChI is InChI=1S/C15H20BrN3O2/c1-2-21-15(20)14(19-10-4-3-5-11-19)18-17-13-8-6-12(16)7-9-13/h6-9,17H,2-5,10-11H2,1H3/b18-14+. The van der Waals surface area contributed by atoms with E-state index in [1.807, 2.05) is 29.2 Å². The lowest BCUT2D eigenvalue weighted by atomic mass is 10.1. The first kappa shape index (κ1) is 15.8. The number of piperidine rings is 1. The molecule has 6 heteroatoms. The maximum absolute atomic E-state index is 12.1. The third-order valence-electron chi connectivity index (χ3n) is 3.25. The van der Waals surface area contributed by atoms with Crippen molar-refractivity contribution in [1.29, 1.82) is 0 Å². The number of hydrogen-bond donors (Lipinski definition) is 1. The molecule has 1 heterocycles. The molecule has 1 aliphatic rings. The molecule has 0 amide bonds. The van der Waals surface area contributed by atoms with Gasteiger partial charge in [-0.1, -0.05) is 15.9 Å². The van der Waals surface area contributed by atoms with E-state index in [2.05, 4.69) is 26.5 Å². The van der Waals surface area contributed by atoms with Crippen LogP contribution in [0.1, 0.15) is 26.2 Å². The van der Waals surface area contributed by atoms with Crippen LogP contribution in [0.2, 0.25) is 0 Å². The molecule has 0 aliphatic carbocycles. The van der Waals surface area contributed by atoms with Crippen molar-refractivity contribution in [2.75, 3.05) is 25.1 Å². The fourth-order valence-corrected chi connectivity index (χ4v) is 2.45. The smallest absolute Gasteiger partial charge is 0.375 e. The van der Waals surface area contributed by atoms with Crippen molar-refractivity contribution in [3.05, 3.63) is 28.7 Å². The molecule has 1 fully saturated rings. The van der Waals surface area contributed by atoms with E-state index in [-0.39, 0.29) is 5.97 Å². The van der Waals surface area contributed by atoms with Crippen molar-refractivity contribution in [3.63, 3.8) is 0 Å². The molecule has 5 nitrogen and oxygen atoms in total. The number of hydrazone groups is 1. The molecule has 0 radical (unpaired) electrons. The second-order valence-electron chi connectivity index (χ2n) is 4.82. The lowest BCUT2D eigenvalue weighted by molar-refractivity contribution is -0.136. The topological polar surface area (TPSA) is 53.9 Å². The van der Waals surface area contributed by atoms with Gasteiger partial charge in [-0.25, -0.2) is 4.79 Å². The number of rotatable bonds is 3. The molecule has 0 unspecified atom stereocenters. The summed E-state index contributed by atoms with van der Waals surface area (Å²) in [6.45, 7) is 3.84. The van der Waals surface area contributed by atoms with Gasteiger partial charge in [-0.15, -0.1) is 5.10 Å². The van der Waals surface area contributed by atoms with E-state index in [0.29, 0.717) is 12.4 Å². The summed E-state index contributed by atoms with van der Waals surface area (Å²) in [5.41, 5.74) is 3.76. The quantitative estimate of drug-likeness (QED) is 0.392. The molecular formula is C15H20BrN3O2. The number of halogens is 1. The van der Waals surface area contributed by atoms with Gasteiger partial charge in [0, 0.05) is 17.6 Å². The minimum absolute atomic E-state index is 0.351. The monoisotopic (exact) mass is 353 g/mol. The fraction of sp³-hybridized carbons (Fsp3) is 0.467. The summed E-state index contributed by atoms with van der Waals surface area (Å²) in [4.78, 5) is 14.1. The first-order chi connectivity index (χ1) is 10.2. The van der Waals surface area contributed by atoms with Gasteiger partial charge in [-0.05, 0) is 50.5 Å². The van der Waals surface area contributed by atoms with Crippen molar-refractivity contribution in [1.82, 2.24) is 4.90 Å². The van der Waals surface area contributed by atoms with Gasteiger partial charge in [-0.2, -0.15) is 0 Å². The van der Waals surface area contributed by atoms with Crippen molar-refractivity contribution >= 4 is 33.4 Å². The Morgan fingerprint density at radius 1 is 1.29 bits per heavy atom. The van der Waals surface area contributed by atoms with E-state index in [1.54, 1.807) is 6.92 Å². The molecule has 2 rings (SSSR count). The minimum atomic E-state index is -0.371. The Morgan fingerprint density at radius 2 is 1.95 bits per heavy atom. The Bertz CT molecular complexity index is 496. The van der Waals surface area contributed by atoms with Crippen LogP contribution in [0, 0.1) is 0 Å². The van der Waals surface area contributed by atoms with Gasteiger partial charge < -0.3 is 9.64 Å². The number of likely N-dealkylation sites (tertiary alicyclic amines) is 1. The van der Waals surface area contributed by atoms with E-state index < -0.39 is 0 Å².